The molecule has 1 aromatic rings. The van der Waals surface area contributed by atoms with Gasteiger partial charge in [-0.1, -0.05) is 6.07 Å². The van der Waals surface area contributed by atoms with Crippen molar-refractivity contribution < 1.29 is 19.1 Å². The zero-order chi connectivity index (χ0) is 15.1. The zero-order valence-electron chi connectivity index (χ0n) is 11.9. The summed E-state index contributed by atoms with van der Waals surface area (Å²) >= 11 is 0. The molecule has 1 aliphatic rings. The molecule has 0 fully saturated rings. The van der Waals surface area contributed by atoms with Gasteiger partial charge in [0.2, 0.25) is 0 Å². The normalized spacial score (nSPS) is 13.1. The number of carbonyl (C=O) groups excluding carboxylic acids is 2. The molecule has 0 spiro atoms. The highest BCUT2D eigenvalue weighted by Crippen LogP contribution is 2.31. The molecule has 2 rings (SSSR count). The number of anilines is 1. The van der Waals surface area contributed by atoms with Crippen LogP contribution in [-0.2, 0) is 9.53 Å². The number of carbonyl (C=O) groups is 2. The highest BCUT2D eigenvalue weighted by Gasteiger charge is 2.21. The van der Waals surface area contributed by atoms with E-state index in [4.69, 9.17) is 9.47 Å². The number of amides is 2. The van der Waals surface area contributed by atoms with Crippen LogP contribution in [0.3, 0.4) is 0 Å². The van der Waals surface area contributed by atoms with Gasteiger partial charge in [0.15, 0.2) is 12.4 Å². The van der Waals surface area contributed by atoms with Gasteiger partial charge >= 0.3 is 0 Å². The van der Waals surface area contributed by atoms with Crippen molar-refractivity contribution in [2.75, 3.05) is 45.3 Å². The molecule has 114 valence electrons. The van der Waals surface area contributed by atoms with E-state index in [0.29, 0.717) is 36.7 Å². The Hall–Kier alpha value is -2.12. The molecule has 1 heterocycles. The van der Waals surface area contributed by atoms with Crippen LogP contribution < -0.4 is 20.7 Å². The number of rotatable bonds is 7. The maximum absolute atomic E-state index is 12.1. The Morgan fingerprint density at radius 2 is 2.24 bits per heavy atom. The first-order chi connectivity index (χ1) is 10.2. The van der Waals surface area contributed by atoms with Gasteiger partial charge in [0.1, 0.15) is 0 Å². The van der Waals surface area contributed by atoms with Crippen LogP contribution >= 0.6 is 0 Å². The molecule has 1 aliphatic heterocycles. The first-order valence-electron chi connectivity index (χ1n) is 6.76. The van der Waals surface area contributed by atoms with Crippen molar-refractivity contribution in [3.05, 3.63) is 23.8 Å². The average molecular weight is 293 g/mol. The lowest BCUT2D eigenvalue weighted by atomic mass is 10.1. The van der Waals surface area contributed by atoms with Crippen LogP contribution in [-0.4, -0.2) is 51.8 Å². The fraction of sp³-hybridized carbons (Fsp3) is 0.429. The second kappa shape index (κ2) is 7.61. The molecule has 0 atom stereocenters. The second-order valence-corrected chi connectivity index (χ2v) is 4.52. The maximum Gasteiger partial charge on any atom is 0.262 e. The fourth-order valence-electron chi connectivity index (χ4n) is 1.95. The lowest BCUT2D eigenvalue weighted by Gasteiger charge is -2.20. The summed E-state index contributed by atoms with van der Waals surface area (Å²) < 4.78 is 10.3. The van der Waals surface area contributed by atoms with Crippen LogP contribution in [0.5, 0.6) is 5.75 Å². The molecule has 0 aliphatic carbocycles. The number of ether oxygens (including phenoxy) is 2. The van der Waals surface area contributed by atoms with Gasteiger partial charge in [-0.15, -0.1) is 0 Å². The van der Waals surface area contributed by atoms with E-state index in [1.54, 1.807) is 25.3 Å². The first-order valence-corrected chi connectivity index (χ1v) is 6.76. The molecule has 0 saturated heterocycles. The minimum Gasteiger partial charge on any atom is -0.481 e. The Morgan fingerprint density at radius 1 is 1.38 bits per heavy atom. The van der Waals surface area contributed by atoms with Crippen LogP contribution in [0.4, 0.5) is 5.69 Å². The van der Waals surface area contributed by atoms with Crippen LogP contribution in [0.1, 0.15) is 10.4 Å². The zero-order valence-corrected chi connectivity index (χ0v) is 11.9. The number of hydrogen-bond acceptors (Lipinski definition) is 5. The minimum atomic E-state index is -0.225. The highest BCUT2D eigenvalue weighted by atomic mass is 16.5. The van der Waals surface area contributed by atoms with Crippen molar-refractivity contribution in [2.24, 2.45) is 0 Å². The molecule has 0 saturated carbocycles. The third-order valence-corrected chi connectivity index (χ3v) is 2.95. The van der Waals surface area contributed by atoms with Crippen molar-refractivity contribution in [1.82, 2.24) is 10.6 Å². The van der Waals surface area contributed by atoms with Gasteiger partial charge in [-0.3, -0.25) is 9.59 Å². The Bertz CT molecular complexity index is 519. The molecule has 0 bridgehead atoms. The summed E-state index contributed by atoms with van der Waals surface area (Å²) in [4.78, 5) is 23.4. The summed E-state index contributed by atoms with van der Waals surface area (Å²) in [7, 11) is 1.64. The lowest BCUT2D eigenvalue weighted by Crippen LogP contribution is -2.34. The molecule has 1 aromatic carbocycles. The predicted molar refractivity (Wildman–Crippen MR) is 77.6 cm³/mol. The smallest absolute Gasteiger partial charge is 0.262 e. The molecule has 7 nitrogen and oxygen atoms in total. The SMILES string of the molecule is COCCNCCNC(=O)c1cccc2c1OCC(=O)N2. The first kappa shape index (κ1) is 15.3. The van der Waals surface area contributed by atoms with E-state index in [-0.39, 0.29) is 18.4 Å². The molecule has 2 amide bonds. The average Bonchev–Trinajstić information content (AvgIpc) is 2.49. The molecule has 3 N–H and O–H groups in total. The third kappa shape index (κ3) is 4.17. The maximum atomic E-state index is 12.1. The van der Waals surface area contributed by atoms with Gasteiger partial charge in [0.25, 0.3) is 11.8 Å². The molecule has 21 heavy (non-hydrogen) atoms. The van der Waals surface area contributed by atoms with E-state index in [2.05, 4.69) is 16.0 Å². The molecule has 0 unspecified atom stereocenters. The largest absolute Gasteiger partial charge is 0.481 e. The Morgan fingerprint density at radius 3 is 3.05 bits per heavy atom. The molecular weight excluding hydrogens is 274 g/mol. The quantitative estimate of drug-likeness (QED) is 0.615. The van der Waals surface area contributed by atoms with Crippen molar-refractivity contribution in [3.63, 3.8) is 0 Å². The summed E-state index contributed by atoms with van der Waals surface area (Å²) in [5, 5.41) is 8.61. The van der Waals surface area contributed by atoms with Crippen molar-refractivity contribution in [2.45, 2.75) is 0 Å². The standard InChI is InChI=1S/C14H19N3O4/c1-20-8-7-15-5-6-16-14(19)10-3-2-4-11-13(10)21-9-12(18)17-11/h2-4,15H,5-9H2,1H3,(H,16,19)(H,17,18). The lowest BCUT2D eigenvalue weighted by molar-refractivity contribution is -0.118. The Kier molecular flexibility index (Phi) is 5.53. The topological polar surface area (TPSA) is 88.7 Å². The van der Waals surface area contributed by atoms with E-state index in [9.17, 15) is 9.59 Å². The minimum absolute atomic E-state index is 0.0735. The number of fused-ring (bicyclic) bond motifs is 1. The second-order valence-electron chi connectivity index (χ2n) is 4.52. The van der Waals surface area contributed by atoms with Gasteiger partial charge in [0.05, 0.1) is 17.9 Å². The van der Waals surface area contributed by atoms with E-state index in [1.807, 2.05) is 0 Å². The number of hydrogen-bond donors (Lipinski definition) is 3. The Balaban J connectivity index is 1.88. The van der Waals surface area contributed by atoms with Crippen LogP contribution in [0.15, 0.2) is 18.2 Å². The predicted octanol–water partition coefficient (Wildman–Crippen LogP) is -0.0167. The summed E-state index contributed by atoms with van der Waals surface area (Å²) in [5.41, 5.74) is 0.946. The molecule has 0 radical (unpaired) electrons. The van der Waals surface area contributed by atoms with E-state index >= 15 is 0 Å². The van der Waals surface area contributed by atoms with Crippen LogP contribution in [0.2, 0.25) is 0 Å². The van der Waals surface area contributed by atoms with E-state index < -0.39 is 0 Å². The van der Waals surface area contributed by atoms with E-state index in [1.165, 1.54) is 0 Å². The molecule has 0 aromatic heterocycles. The highest BCUT2D eigenvalue weighted by molar-refractivity contribution is 6.03. The van der Waals surface area contributed by atoms with Gasteiger partial charge in [0, 0.05) is 26.7 Å². The molecule has 7 heteroatoms. The summed E-state index contributed by atoms with van der Waals surface area (Å²) in [5.74, 6) is -0.0270. The summed E-state index contributed by atoms with van der Waals surface area (Å²) in [6.07, 6.45) is 0. The van der Waals surface area contributed by atoms with Crippen LogP contribution in [0, 0.1) is 0 Å². The number of para-hydroxylation sites is 1. The van der Waals surface area contributed by atoms with Crippen molar-refractivity contribution in [3.8, 4) is 5.75 Å². The van der Waals surface area contributed by atoms with Gasteiger partial charge < -0.3 is 25.4 Å². The number of benzene rings is 1. The van der Waals surface area contributed by atoms with E-state index in [0.717, 1.165) is 6.54 Å². The summed E-state index contributed by atoms with van der Waals surface area (Å²) in [6.45, 7) is 2.45. The summed E-state index contributed by atoms with van der Waals surface area (Å²) in [6, 6.07) is 5.08. The fourth-order valence-corrected chi connectivity index (χ4v) is 1.95. The van der Waals surface area contributed by atoms with Crippen molar-refractivity contribution in [1.29, 1.82) is 0 Å². The van der Waals surface area contributed by atoms with Gasteiger partial charge in [-0.2, -0.15) is 0 Å². The Labute approximate surface area is 123 Å². The monoisotopic (exact) mass is 293 g/mol. The van der Waals surface area contributed by atoms with Gasteiger partial charge in [-0.05, 0) is 12.1 Å². The number of methoxy groups -OCH3 is 1. The number of nitrogens with one attached hydrogen (secondary N) is 3. The molecular formula is C14H19N3O4. The third-order valence-electron chi connectivity index (χ3n) is 2.95. The van der Waals surface area contributed by atoms with Crippen LogP contribution in [0.25, 0.3) is 0 Å². The van der Waals surface area contributed by atoms with Gasteiger partial charge in [-0.25, -0.2) is 0 Å². The van der Waals surface area contributed by atoms with Crippen molar-refractivity contribution >= 4 is 17.5 Å².